The number of piperidine rings is 1. The van der Waals surface area contributed by atoms with Crippen molar-refractivity contribution < 1.29 is 19.1 Å². The SMILES string of the molecule is COc1ccc(NC(=O)C2CCC(c3cccc(C)c3)N(C(=O)Cc3ccccc3)C2)c(OC)c1. The number of ether oxygens (including phenoxy) is 2. The summed E-state index contributed by atoms with van der Waals surface area (Å²) >= 11 is 0. The molecule has 0 bridgehead atoms. The third-order valence-corrected chi connectivity index (χ3v) is 6.56. The first-order valence-corrected chi connectivity index (χ1v) is 11.9. The van der Waals surface area contributed by atoms with Gasteiger partial charge in [0, 0.05) is 12.6 Å². The van der Waals surface area contributed by atoms with Crippen LogP contribution in [0, 0.1) is 12.8 Å². The van der Waals surface area contributed by atoms with Gasteiger partial charge in [-0.15, -0.1) is 0 Å². The summed E-state index contributed by atoms with van der Waals surface area (Å²) in [5.74, 6) is 0.776. The molecule has 0 spiro atoms. The molecule has 2 unspecified atom stereocenters. The standard InChI is InChI=1S/C29H32N2O4/c1-20-8-7-11-22(16-20)26-15-12-23(19-31(26)28(32)17-21-9-5-4-6-10-21)29(33)30-25-14-13-24(34-2)18-27(25)35-3/h4-11,13-14,16,18,23,26H,12,15,17,19H2,1-3H3,(H,30,33). The zero-order valence-electron chi connectivity index (χ0n) is 20.5. The van der Waals surface area contributed by atoms with E-state index in [9.17, 15) is 9.59 Å². The molecular weight excluding hydrogens is 440 g/mol. The van der Waals surface area contributed by atoms with Crippen LogP contribution < -0.4 is 14.8 Å². The second-order valence-electron chi connectivity index (χ2n) is 8.97. The molecule has 3 aromatic carbocycles. The number of amides is 2. The minimum atomic E-state index is -0.317. The van der Waals surface area contributed by atoms with E-state index in [1.54, 1.807) is 32.4 Å². The third kappa shape index (κ3) is 5.83. The molecule has 35 heavy (non-hydrogen) atoms. The van der Waals surface area contributed by atoms with Crippen LogP contribution in [0.25, 0.3) is 0 Å². The van der Waals surface area contributed by atoms with Gasteiger partial charge in [0.25, 0.3) is 0 Å². The maximum absolute atomic E-state index is 13.5. The third-order valence-electron chi connectivity index (χ3n) is 6.56. The number of carbonyl (C=O) groups excluding carboxylic acids is 2. The van der Waals surface area contributed by atoms with Crippen LogP contribution in [0.2, 0.25) is 0 Å². The second kappa shape index (κ2) is 11.1. The molecule has 1 aliphatic rings. The van der Waals surface area contributed by atoms with Crippen molar-refractivity contribution in [2.45, 2.75) is 32.2 Å². The fourth-order valence-electron chi connectivity index (χ4n) is 4.69. The van der Waals surface area contributed by atoms with E-state index >= 15 is 0 Å². The van der Waals surface area contributed by atoms with Crippen LogP contribution in [-0.2, 0) is 16.0 Å². The molecular formula is C29H32N2O4. The number of hydrogen-bond acceptors (Lipinski definition) is 4. The molecule has 4 rings (SSSR count). The summed E-state index contributed by atoms with van der Waals surface area (Å²) in [6.45, 7) is 2.43. The summed E-state index contributed by atoms with van der Waals surface area (Å²) in [4.78, 5) is 28.7. The second-order valence-corrected chi connectivity index (χ2v) is 8.97. The molecule has 2 amide bonds. The van der Waals surface area contributed by atoms with Crippen molar-refractivity contribution in [3.63, 3.8) is 0 Å². The lowest BCUT2D eigenvalue weighted by Gasteiger charge is -2.40. The lowest BCUT2D eigenvalue weighted by Crippen LogP contribution is -2.46. The van der Waals surface area contributed by atoms with Crippen LogP contribution in [0.1, 0.15) is 35.6 Å². The Morgan fingerprint density at radius 1 is 0.943 bits per heavy atom. The van der Waals surface area contributed by atoms with Gasteiger partial charge in [-0.3, -0.25) is 9.59 Å². The number of hydrogen-bond donors (Lipinski definition) is 1. The highest BCUT2D eigenvalue weighted by Gasteiger charge is 2.35. The number of rotatable bonds is 7. The minimum Gasteiger partial charge on any atom is -0.497 e. The summed E-state index contributed by atoms with van der Waals surface area (Å²) in [6.07, 6.45) is 1.73. The predicted molar refractivity (Wildman–Crippen MR) is 137 cm³/mol. The Morgan fingerprint density at radius 3 is 2.46 bits per heavy atom. The molecule has 6 nitrogen and oxygen atoms in total. The Labute approximate surface area is 206 Å². The van der Waals surface area contributed by atoms with Gasteiger partial charge in [-0.25, -0.2) is 0 Å². The first-order chi connectivity index (χ1) is 17.0. The van der Waals surface area contributed by atoms with Gasteiger partial charge < -0.3 is 19.7 Å². The van der Waals surface area contributed by atoms with Crippen LogP contribution in [0.3, 0.4) is 0 Å². The van der Waals surface area contributed by atoms with Gasteiger partial charge in [0.2, 0.25) is 11.8 Å². The van der Waals surface area contributed by atoms with Gasteiger partial charge in [0.05, 0.1) is 38.3 Å². The highest BCUT2D eigenvalue weighted by atomic mass is 16.5. The summed E-state index contributed by atoms with van der Waals surface area (Å²) in [5, 5.41) is 3.00. The fraction of sp³-hybridized carbons (Fsp3) is 0.310. The van der Waals surface area contributed by atoms with E-state index in [0.29, 0.717) is 36.6 Å². The highest BCUT2D eigenvalue weighted by molar-refractivity contribution is 5.94. The molecule has 1 heterocycles. The number of likely N-dealkylation sites (tertiary alicyclic amines) is 1. The van der Waals surface area contributed by atoms with E-state index < -0.39 is 0 Å². The van der Waals surface area contributed by atoms with Crippen LogP contribution in [0.5, 0.6) is 11.5 Å². The average molecular weight is 473 g/mol. The van der Waals surface area contributed by atoms with Crippen LogP contribution in [0.4, 0.5) is 5.69 Å². The van der Waals surface area contributed by atoms with Gasteiger partial charge in [-0.05, 0) is 43.0 Å². The zero-order valence-corrected chi connectivity index (χ0v) is 20.5. The maximum atomic E-state index is 13.5. The van der Waals surface area contributed by atoms with Crippen molar-refractivity contribution in [3.05, 3.63) is 89.5 Å². The number of aryl methyl sites for hydroxylation is 1. The van der Waals surface area contributed by atoms with E-state index in [1.807, 2.05) is 41.3 Å². The van der Waals surface area contributed by atoms with E-state index in [0.717, 1.165) is 23.1 Å². The van der Waals surface area contributed by atoms with Gasteiger partial charge in [-0.2, -0.15) is 0 Å². The van der Waals surface area contributed by atoms with E-state index in [4.69, 9.17) is 9.47 Å². The first-order valence-electron chi connectivity index (χ1n) is 11.9. The zero-order chi connectivity index (χ0) is 24.8. The number of methoxy groups -OCH3 is 2. The molecule has 0 aliphatic carbocycles. The molecule has 0 saturated carbocycles. The molecule has 0 radical (unpaired) electrons. The Balaban J connectivity index is 1.55. The number of nitrogens with one attached hydrogen (secondary N) is 1. The fourth-order valence-corrected chi connectivity index (χ4v) is 4.69. The monoisotopic (exact) mass is 472 g/mol. The molecule has 182 valence electrons. The summed E-state index contributed by atoms with van der Waals surface area (Å²) in [7, 11) is 3.14. The van der Waals surface area contributed by atoms with Crippen molar-refractivity contribution in [2.24, 2.45) is 5.92 Å². The van der Waals surface area contributed by atoms with Crippen LogP contribution in [-0.4, -0.2) is 37.5 Å². The van der Waals surface area contributed by atoms with Crippen molar-refractivity contribution in [2.75, 3.05) is 26.1 Å². The molecule has 0 aromatic heterocycles. The van der Waals surface area contributed by atoms with Crippen LogP contribution in [0.15, 0.2) is 72.8 Å². The number of carbonyl (C=O) groups is 2. The van der Waals surface area contributed by atoms with Crippen molar-refractivity contribution >= 4 is 17.5 Å². The van der Waals surface area contributed by atoms with Gasteiger partial charge in [0.1, 0.15) is 11.5 Å². The largest absolute Gasteiger partial charge is 0.497 e. The Kier molecular flexibility index (Phi) is 7.70. The molecule has 1 fully saturated rings. The van der Waals surface area contributed by atoms with Gasteiger partial charge >= 0.3 is 0 Å². The molecule has 2 atom stereocenters. The molecule has 1 aliphatic heterocycles. The summed E-state index contributed by atoms with van der Waals surface area (Å²) < 4.78 is 10.7. The topological polar surface area (TPSA) is 67.9 Å². The number of benzene rings is 3. The minimum absolute atomic E-state index is 0.0298. The first kappa shape index (κ1) is 24.3. The summed E-state index contributed by atoms with van der Waals surface area (Å²) in [6, 6.07) is 23.3. The van der Waals surface area contributed by atoms with E-state index in [1.165, 1.54) is 0 Å². The Bertz CT molecular complexity index is 1180. The van der Waals surface area contributed by atoms with E-state index in [2.05, 4.69) is 30.4 Å². The van der Waals surface area contributed by atoms with E-state index in [-0.39, 0.29) is 23.8 Å². The van der Waals surface area contributed by atoms with Gasteiger partial charge in [0.15, 0.2) is 0 Å². The Hall–Kier alpha value is -3.80. The van der Waals surface area contributed by atoms with Crippen molar-refractivity contribution in [1.29, 1.82) is 0 Å². The van der Waals surface area contributed by atoms with Gasteiger partial charge in [-0.1, -0.05) is 60.2 Å². The van der Waals surface area contributed by atoms with Crippen LogP contribution >= 0.6 is 0 Å². The molecule has 1 N–H and O–H groups in total. The Morgan fingerprint density at radius 2 is 1.74 bits per heavy atom. The smallest absolute Gasteiger partial charge is 0.229 e. The quantitative estimate of drug-likeness (QED) is 0.515. The summed E-state index contributed by atoms with van der Waals surface area (Å²) in [5.41, 5.74) is 3.82. The lowest BCUT2D eigenvalue weighted by atomic mass is 9.87. The van der Waals surface area contributed by atoms with Crippen molar-refractivity contribution in [3.8, 4) is 11.5 Å². The number of anilines is 1. The highest BCUT2D eigenvalue weighted by Crippen LogP contribution is 2.36. The molecule has 6 heteroatoms. The maximum Gasteiger partial charge on any atom is 0.229 e. The molecule has 1 saturated heterocycles. The average Bonchev–Trinajstić information content (AvgIpc) is 2.89. The van der Waals surface area contributed by atoms with Crippen molar-refractivity contribution in [1.82, 2.24) is 4.90 Å². The predicted octanol–water partition coefficient (Wildman–Crippen LogP) is 5.17. The molecule has 3 aromatic rings. The number of nitrogens with zero attached hydrogens (tertiary/aromatic N) is 1. The normalized spacial score (nSPS) is 17.5. The lowest BCUT2D eigenvalue weighted by molar-refractivity contribution is -0.137.